The van der Waals surface area contributed by atoms with E-state index in [2.05, 4.69) is 9.98 Å². The summed E-state index contributed by atoms with van der Waals surface area (Å²) in [6.07, 6.45) is 3.80. The minimum absolute atomic E-state index is 0.176. The van der Waals surface area contributed by atoms with Crippen molar-refractivity contribution in [2.75, 3.05) is 0 Å². The summed E-state index contributed by atoms with van der Waals surface area (Å²) in [5.74, 6) is -0.347. The van der Waals surface area contributed by atoms with Crippen molar-refractivity contribution in [3.8, 4) is 5.88 Å². The number of H-pyrrole nitrogens is 1. The number of hydrogen-bond acceptors (Lipinski definition) is 4. The molecule has 1 unspecified atom stereocenters. The molecule has 2 heterocycles. The summed E-state index contributed by atoms with van der Waals surface area (Å²) >= 11 is 11.9. The summed E-state index contributed by atoms with van der Waals surface area (Å²) in [6.45, 7) is 0. The van der Waals surface area contributed by atoms with E-state index in [1.54, 1.807) is 48.7 Å². The zero-order valence-corrected chi connectivity index (χ0v) is 15.8. The van der Waals surface area contributed by atoms with Crippen LogP contribution in [0, 0.1) is 0 Å². The molecule has 3 aromatic rings. The molecule has 0 spiro atoms. The van der Waals surface area contributed by atoms with E-state index in [4.69, 9.17) is 23.2 Å². The van der Waals surface area contributed by atoms with E-state index in [-0.39, 0.29) is 11.6 Å². The quantitative estimate of drug-likeness (QED) is 0.627. The minimum Gasteiger partial charge on any atom is -0.493 e. The van der Waals surface area contributed by atoms with Crippen LogP contribution < -0.4 is 5.69 Å². The molecule has 140 valence electrons. The highest BCUT2D eigenvalue weighted by Gasteiger charge is 2.22. The van der Waals surface area contributed by atoms with Gasteiger partial charge in [0.05, 0.1) is 5.69 Å². The third kappa shape index (κ3) is 3.17. The molecule has 1 atom stereocenters. The molecule has 0 fully saturated rings. The van der Waals surface area contributed by atoms with E-state index in [0.717, 1.165) is 10.1 Å². The van der Waals surface area contributed by atoms with Gasteiger partial charge in [0.2, 0.25) is 5.88 Å². The summed E-state index contributed by atoms with van der Waals surface area (Å²) in [5, 5.41) is 11.7. The highest BCUT2D eigenvalue weighted by Crippen LogP contribution is 2.35. The molecular formula is C20H13Cl2N3O3. The number of aromatic nitrogens is 2. The Bertz CT molecular complexity index is 1190. The molecule has 1 aromatic heterocycles. The molecule has 2 aromatic carbocycles. The van der Waals surface area contributed by atoms with Crippen LogP contribution in [0.15, 0.2) is 52.3 Å². The van der Waals surface area contributed by atoms with Crippen molar-refractivity contribution in [1.29, 1.82) is 0 Å². The number of imidazole rings is 1. The summed E-state index contributed by atoms with van der Waals surface area (Å²) < 4.78 is 0.998. The molecule has 0 amide bonds. The maximum absolute atomic E-state index is 12.4. The van der Waals surface area contributed by atoms with Gasteiger partial charge in [0.1, 0.15) is 18.0 Å². The van der Waals surface area contributed by atoms with Gasteiger partial charge in [-0.2, -0.15) is 0 Å². The fourth-order valence-corrected chi connectivity index (χ4v) is 3.39. The number of aromatic amines is 1. The predicted molar refractivity (Wildman–Crippen MR) is 110 cm³/mol. The van der Waals surface area contributed by atoms with Gasteiger partial charge in [0.25, 0.3) is 0 Å². The molecule has 0 bridgehead atoms. The molecule has 0 aliphatic carbocycles. The molecule has 8 heteroatoms. The van der Waals surface area contributed by atoms with Gasteiger partial charge in [-0.15, -0.1) is 0 Å². The van der Waals surface area contributed by atoms with Crippen LogP contribution in [-0.2, 0) is 4.79 Å². The first kappa shape index (κ1) is 18.3. The van der Waals surface area contributed by atoms with Crippen LogP contribution in [0.5, 0.6) is 5.88 Å². The van der Waals surface area contributed by atoms with Crippen LogP contribution >= 0.6 is 23.2 Å². The lowest BCUT2D eigenvalue weighted by molar-refractivity contribution is -0.109. The second-order valence-corrected chi connectivity index (χ2v) is 7.06. The van der Waals surface area contributed by atoms with E-state index < -0.39 is 11.7 Å². The molecule has 1 aliphatic heterocycles. The fourth-order valence-electron chi connectivity index (χ4n) is 3.10. The first-order valence-corrected chi connectivity index (χ1v) is 9.03. The lowest BCUT2D eigenvalue weighted by Crippen LogP contribution is -2.23. The Hall–Kier alpha value is -3.09. The van der Waals surface area contributed by atoms with Gasteiger partial charge in [-0.05, 0) is 35.9 Å². The van der Waals surface area contributed by atoms with Crippen LogP contribution in [0.1, 0.15) is 22.9 Å². The Kier molecular flexibility index (Phi) is 4.66. The van der Waals surface area contributed by atoms with Gasteiger partial charge in [-0.3, -0.25) is 4.99 Å². The lowest BCUT2D eigenvalue weighted by atomic mass is 10.1. The number of allylic oxidation sites excluding steroid dienone is 1. The van der Waals surface area contributed by atoms with Gasteiger partial charge in [-0.25, -0.2) is 9.36 Å². The van der Waals surface area contributed by atoms with Gasteiger partial charge < -0.3 is 14.9 Å². The van der Waals surface area contributed by atoms with Crippen LogP contribution in [0.3, 0.4) is 0 Å². The standard InChI is InChI=1S/C20H13Cl2N3O3/c21-13-3-1-11(2-4-13)18(10-26)25-19(27)17(24-20(25)28)7-12-9-23-16-8-14(22)5-6-15(12)16/h1-10,18,27H,(H,24,28)/b12-7+. The highest BCUT2D eigenvalue weighted by molar-refractivity contribution is 6.31. The van der Waals surface area contributed by atoms with Crippen molar-refractivity contribution in [2.24, 2.45) is 4.99 Å². The third-order valence-corrected chi connectivity index (χ3v) is 4.95. The first-order chi connectivity index (χ1) is 13.5. The van der Waals surface area contributed by atoms with Crippen LogP contribution in [-0.4, -0.2) is 27.2 Å². The summed E-state index contributed by atoms with van der Waals surface area (Å²) in [7, 11) is 0. The number of rotatable bonds is 4. The monoisotopic (exact) mass is 413 g/mol. The Balaban J connectivity index is 1.77. The Labute approximate surface area is 169 Å². The number of aliphatic imine (C=N–C) groups is 1. The maximum atomic E-state index is 12.4. The van der Waals surface area contributed by atoms with E-state index in [0.29, 0.717) is 33.2 Å². The number of carbonyl (C=O) groups excluding carboxylic acids is 1. The average molecular weight is 414 g/mol. The third-order valence-electron chi connectivity index (χ3n) is 4.46. The van der Waals surface area contributed by atoms with Crippen molar-refractivity contribution in [2.45, 2.75) is 6.04 Å². The van der Waals surface area contributed by atoms with Crippen molar-refractivity contribution in [1.82, 2.24) is 9.55 Å². The number of halogens is 2. The molecular weight excluding hydrogens is 401 g/mol. The lowest BCUT2D eigenvalue weighted by Gasteiger charge is -2.12. The van der Waals surface area contributed by atoms with Crippen LogP contribution in [0.2, 0.25) is 10.0 Å². The zero-order chi connectivity index (χ0) is 19.8. The number of nitrogens with zero attached hydrogens (tertiary/aromatic N) is 2. The number of fused-ring (bicyclic) bond motifs is 1. The van der Waals surface area contributed by atoms with E-state index in [1.807, 2.05) is 6.07 Å². The van der Waals surface area contributed by atoms with Crippen molar-refractivity contribution >= 4 is 53.0 Å². The average Bonchev–Trinajstić information content (AvgIpc) is 3.19. The maximum Gasteiger partial charge on any atom is 0.329 e. The predicted octanol–water partition coefficient (Wildman–Crippen LogP) is 4.23. The van der Waals surface area contributed by atoms with Crippen molar-refractivity contribution in [3.05, 3.63) is 79.8 Å². The smallest absolute Gasteiger partial charge is 0.329 e. The topological polar surface area (TPSA) is 87.4 Å². The molecule has 1 aliphatic rings. The molecule has 2 N–H and O–H groups in total. The van der Waals surface area contributed by atoms with Gasteiger partial charge in [0, 0.05) is 27.4 Å². The normalized spacial score (nSPS) is 15.0. The summed E-state index contributed by atoms with van der Waals surface area (Å²) in [4.78, 5) is 31.0. The summed E-state index contributed by atoms with van der Waals surface area (Å²) in [6, 6.07) is 10.8. The Morgan fingerprint density at radius 3 is 2.54 bits per heavy atom. The molecule has 0 radical (unpaired) electrons. The number of benzene rings is 2. The SMILES string of the molecule is O=CC(c1ccc(Cl)cc1)n1c(O)c(/C=C2\C=Nc3cc(Cl)ccc32)[nH]c1=O. The second kappa shape index (κ2) is 7.14. The molecule has 28 heavy (non-hydrogen) atoms. The molecule has 4 rings (SSSR count). The van der Waals surface area contributed by atoms with Crippen LogP contribution in [0.4, 0.5) is 5.69 Å². The molecule has 0 saturated heterocycles. The number of aromatic hydroxyl groups is 1. The fraction of sp³-hybridized carbons (Fsp3) is 0.0500. The van der Waals surface area contributed by atoms with Gasteiger partial charge in [-0.1, -0.05) is 41.4 Å². The number of aldehydes is 1. The highest BCUT2D eigenvalue weighted by atomic mass is 35.5. The van der Waals surface area contributed by atoms with Crippen LogP contribution in [0.25, 0.3) is 11.6 Å². The number of hydrogen-bond donors (Lipinski definition) is 2. The van der Waals surface area contributed by atoms with Gasteiger partial charge >= 0.3 is 5.69 Å². The molecule has 6 nitrogen and oxygen atoms in total. The van der Waals surface area contributed by atoms with Crippen molar-refractivity contribution in [3.63, 3.8) is 0 Å². The van der Waals surface area contributed by atoms with Gasteiger partial charge in [0.15, 0.2) is 0 Å². The molecule has 0 saturated carbocycles. The van der Waals surface area contributed by atoms with E-state index in [1.165, 1.54) is 0 Å². The van der Waals surface area contributed by atoms with E-state index in [9.17, 15) is 14.7 Å². The summed E-state index contributed by atoms with van der Waals surface area (Å²) in [5.41, 5.74) is 2.31. The second-order valence-electron chi connectivity index (χ2n) is 6.19. The van der Waals surface area contributed by atoms with E-state index >= 15 is 0 Å². The minimum atomic E-state index is -0.989. The number of carbonyl (C=O) groups is 1. The zero-order valence-electron chi connectivity index (χ0n) is 14.3. The van der Waals surface area contributed by atoms with Crippen molar-refractivity contribution < 1.29 is 9.90 Å². The largest absolute Gasteiger partial charge is 0.493 e. The number of nitrogens with one attached hydrogen (secondary N) is 1. The first-order valence-electron chi connectivity index (χ1n) is 8.28. The Morgan fingerprint density at radius 2 is 1.82 bits per heavy atom. The Morgan fingerprint density at radius 1 is 1.11 bits per heavy atom.